The summed E-state index contributed by atoms with van der Waals surface area (Å²) in [6.45, 7) is 4.43. The Kier molecular flexibility index (Phi) is 4.39. The van der Waals surface area contributed by atoms with Crippen LogP contribution in [0.15, 0.2) is 18.2 Å². The molecule has 0 spiro atoms. The van der Waals surface area contributed by atoms with Crippen LogP contribution in [0, 0.1) is 0 Å². The number of hydrogen-bond donors (Lipinski definition) is 1. The van der Waals surface area contributed by atoms with E-state index < -0.39 is 0 Å². The summed E-state index contributed by atoms with van der Waals surface area (Å²) < 4.78 is 5.70. The van der Waals surface area contributed by atoms with E-state index in [1.54, 1.807) is 23.1 Å². The number of hydrogen-bond acceptors (Lipinski definition) is 4. The smallest absolute Gasteiger partial charge is 0.224 e. The van der Waals surface area contributed by atoms with Crippen LogP contribution in [0.5, 0.6) is 5.75 Å². The number of amides is 1. The summed E-state index contributed by atoms with van der Waals surface area (Å²) in [4.78, 5) is 25.4. The summed E-state index contributed by atoms with van der Waals surface area (Å²) in [6.07, 6.45) is 1.04. The zero-order valence-corrected chi connectivity index (χ0v) is 11.9. The average molecular weight is 276 g/mol. The van der Waals surface area contributed by atoms with Crippen LogP contribution in [0.1, 0.15) is 37.0 Å². The second-order valence-corrected chi connectivity index (χ2v) is 5.06. The third-order valence-corrected chi connectivity index (χ3v) is 3.33. The highest BCUT2D eigenvalue weighted by molar-refractivity contribution is 6.00. The maximum absolute atomic E-state index is 12.0. The third kappa shape index (κ3) is 2.99. The molecular formula is C15H20N2O3. The van der Waals surface area contributed by atoms with Crippen LogP contribution in [-0.2, 0) is 4.79 Å². The first-order valence-corrected chi connectivity index (χ1v) is 6.85. The van der Waals surface area contributed by atoms with Crippen LogP contribution >= 0.6 is 0 Å². The van der Waals surface area contributed by atoms with Crippen molar-refractivity contribution in [3.8, 4) is 5.75 Å². The quantitative estimate of drug-likeness (QED) is 0.850. The predicted molar refractivity (Wildman–Crippen MR) is 77.2 cm³/mol. The van der Waals surface area contributed by atoms with Gasteiger partial charge in [0.15, 0.2) is 5.78 Å². The van der Waals surface area contributed by atoms with E-state index in [1.165, 1.54) is 6.92 Å². The lowest BCUT2D eigenvalue weighted by atomic mass is 10.0. The first-order valence-electron chi connectivity index (χ1n) is 6.85. The molecule has 0 aliphatic carbocycles. The van der Waals surface area contributed by atoms with Gasteiger partial charge in [-0.3, -0.25) is 9.59 Å². The number of ketones is 1. The Labute approximate surface area is 118 Å². The van der Waals surface area contributed by atoms with Crippen LogP contribution in [0.25, 0.3) is 0 Å². The summed E-state index contributed by atoms with van der Waals surface area (Å²) in [5.41, 5.74) is 6.69. The monoisotopic (exact) mass is 276 g/mol. The van der Waals surface area contributed by atoms with E-state index in [-0.39, 0.29) is 17.8 Å². The van der Waals surface area contributed by atoms with Crippen molar-refractivity contribution in [3.05, 3.63) is 23.8 Å². The highest BCUT2D eigenvalue weighted by atomic mass is 16.5. The second kappa shape index (κ2) is 6.05. The lowest BCUT2D eigenvalue weighted by Crippen LogP contribution is -2.41. The Morgan fingerprint density at radius 1 is 1.45 bits per heavy atom. The molecular weight excluding hydrogens is 256 g/mol. The molecule has 1 amide bonds. The summed E-state index contributed by atoms with van der Waals surface area (Å²) in [5.74, 6) is 0.641. The standard InChI is InChI=1S/C15H20N2O3/c1-10-9-17(11(2)18)13-8-12(5-6-15(13)20-10)14(19)4-3-7-16/h5-6,8,10H,3-4,7,9,16H2,1-2H3. The number of Topliss-reactive ketones (excluding diaryl/α,β-unsaturated/α-hetero) is 1. The Hall–Kier alpha value is -1.88. The second-order valence-electron chi connectivity index (χ2n) is 5.06. The molecule has 1 aliphatic heterocycles. The number of carbonyl (C=O) groups is 2. The van der Waals surface area contributed by atoms with Crippen LogP contribution in [0.4, 0.5) is 5.69 Å². The van der Waals surface area contributed by atoms with Gasteiger partial charge in [-0.25, -0.2) is 0 Å². The maximum Gasteiger partial charge on any atom is 0.224 e. The van der Waals surface area contributed by atoms with Gasteiger partial charge in [0, 0.05) is 18.9 Å². The normalized spacial score (nSPS) is 17.4. The molecule has 5 heteroatoms. The molecule has 1 aromatic carbocycles. The fourth-order valence-corrected chi connectivity index (χ4v) is 2.32. The van der Waals surface area contributed by atoms with Gasteiger partial charge in [-0.15, -0.1) is 0 Å². The highest BCUT2D eigenvalue weighted by Gasteiger charge is 2.26. The van der Waals surface area contributed by atoms with Gasteiger partial charge in [0.2, 0.25) is 5.91 Å². The average Bonchev–Trinajstić information content (AvgIpc) is 2.43. The van der Waals surface area contributed by atoms with Crippen molar-refractivity contribution < 1.29 is 14.3 Å². The summed E-state index contributed by atoms with van der Waals surface area (Å²) in [7, 11) is 0. The van der Waals surface area contributed by atoms with E-state index >= 15 is 0 Å². The number of nitrogens with two attached hydrogens (primary N) is 1. The van der Waals surface area contributed by atoms with Crippen molar-refractivity contribution >= 4 is 17.4 Å². The van der Waals surface area contributed by atoms with Crippen LogP contribution in [0.2, 0.25) is 0 Å². The van der Waals surface area contributed by atoms with E-state index in [1.807, 2.05) is 6.92 Å². The van der Waals surface area contributed by atoms with Gasteiger partial charge in [0.05, 0.1) is 12.2 Å². The number of ether oxygens (including phenoxy) is 1. The van der Waals surface area contributed by atoms with Gasteiger partial charge in [-0.05, 0) is 38.1 Å². The molecule has 1 atom stereocenters. The molecule has 108 valence electrons. The molecule has 0 radical (unpaired) electrons. The third-order valence-electron chi connectivity index (χ3n) is 3.33. The fourth-order valence-electron chi connectivity index (χ4n) is 2.32. The lowest BCUT2D eigenvalue weighted by molar-refractivity contribution is -0.117. The van der Waals surface area contributed by atoms with Crippen molar-refractivity contribution in [1.82, 2.24) is 0 Å². The Balaban J connectivity index is 2.31. The molecule has 0 bridgehead atoms. The molecule has 0 aromatic heterocycles. The summed E-state index contributed by atoms with van der Waals surface area (Å²) >= 11 is 0. The largest absolute Gasteiger partial charge is 0.487 e. The minimum absolute atomic E-state index is 0.0420. The number of fused-ring (bicyclic) bond motifs is 1. The molecule has 1 unspecified atom stereocenters. The number of anilines is 1. The molecule has 5 nitrogen and oxygen atoms in total. The molecule has 20 heavy (non-hydrogen) atoms. The van der Waals surface area contributed by atoms with Gasteiger partial charge < -0.3 is 15.4 Å². The molecule has 2 rings (SSSR count). The maximum atomic E-state index is 12.0. The van der Waals surface area contributed by atoms with Gasteiger partial charge in [0.25, 0.3) is 0 Å². The summed E-state index contributed by atoms with van der Waals surface area (Å²) in [6, 6.07) is 5.24. The highest BCUT2D eigenvalue weighted by Crippen LogP contribution is 2.34. The first-order chi connectivity index (χ1) is 9.52. The van der Waals surface area contributed by atoms with Gasteiger partial charge in [-0.1, -0.05) is 0 Å². The van der Waals surface area contributed by atoms with Crippen molar-refractivity contribution in [2.75, 3.05) is 18.0 Å². The van der Waals surface area contributed by atoms with E-state index in [2.05, 4.69) is 0 Å². The molecule has 1 aliphatic rings. The minimum atomic E-state index is -0.0507. The Morgan fingerprint density at radius 3 is 2.85 bits per heavy atom. The van der Waals surface area contributed by atoms with Crippen molar-refractivity contribution in [1.29, 1.82) is 0 Å². The van der Waals surface area contributed by atoms with Crippen molar-refractivity contribution in [2.45, 2.75) is 32.8 Å². The molecule has 2 N–H and O–H groups in total. The van der Waals surface area contributed by atoms with E-state index in [0.29, 0.717) is 42.9 Å². The molecule has 0 fully saturated rings. The zero-order chi connectivity index (χ0) is 14.7. The fraction of sp³-hybridized carbons (Fsp3) is 0.467. The predicted octanol–water partition coefficient (Wildman–Crippen LogP) is 1.74. The molecule has 1 heterocycles. The zero-order valence-electron chi connectivity index (χ0n) is 11.9. The molecule has 0 saturated carbocycles. The van der Waals surface area contributed by atoms with Crippen molar-refractivity contribution in [3.63, 3.8) is 0 Å². The SMILES string of the molecule is CC(=O)N1CC(C)Oc2ccc(C(=O)CCCN)cc21. The van der Waals surface area contributed by atoms with E-state index in [0.717, 1.165) is 0 Å². The van der Waals surface area contributed by atoms with Crippen LogP contribution in [0.3, 0.4) is 0 Å². The Morgan fingerprint density at radius 2 is 2.20 bits per heavy atom. The number of rotatable bonds is 4. The minimum Gasteiger partial charge on any atom is -0.487 e. The van der Waals surface area contributed by atoms with Gasteiger partial charge in [0.1, 0.15) is 11.9 Å². The molecule has 0 saturated heterocycles. The van der Waals surface area contributed by atoms with Crippen LogP contribution in [-0.4, -0.2) is 30.9 Å². The lowest BCUT2D eigenvalue weighted by Gasteiger charge is -2.33. The Bertz CT molecular complexity index is 528. The number of nitrogens with zero attached hydrogens (tertiary/aromatic N) is 1. The van der Waals surface area contributed by atoms with E-state index in [4.69, 9.17) is 10.5 Å². The van der Waals surface area contributed by atoms with Crippen LogP contribution < -0.4 is 15.4 Å². The number of carbonyl (C=O) groups excluding carboxylic acids is 2. The van der Waals surface area contributed by atoms with Gasteiger partial charge >= 0.3 is 0 Å². The molecule has 1 aromatic rings. The first kappa shape index (κ1) is 14.5. The van der Waals surface area contributed by atoms with E-state index in [9.17, 15) is 9.59 Å². The van der Waals surface area contributed by atoms with Gasteiger partial charge in [-0.2, -0.15) is 0 Å². The number of benzene rings is 1. The topological polar surface area (TPSA) is 72.6 Å². The van der Waals surface area contributed by atoms with Crippen molar-refractivity contribution in [2.24, 2.45) is 5.73 Å². The summed E-state index contributed by atoms with van der Waals surface area (Å²) in [5, 5.41) is 0.